The van der Waals surface area contributed by atoms with Crippen LogP contribution < -0.4 is 15.8 Å². The van der Waals surface area contributed by atoms with Gasteiger partial charge in [-0.25, -0.2) is 4.79 Å². The standard InChI is InChI=1S/C23H30N4O3.ClH/c1-2-16-15-18(7-10-20(16)30-14-13-27-11-3-4-12-27)21(23(28)29)26-19-8-5-17(6-9-19)22(24)25;/h5-10,15,21,26H,2-4,11-14H2,1H3,(H3,24,25)(H,28,29);1H. The Bertz CT molecular complexity index is 883. The van der Waals surface area contributed by atoms with Crippen LogP contribution in [-0.4, -0.2) is 48.1 Å². The molecule has 1 fully saturated rings. The SMILES string of the molecule is CCc1cc(C(Nc2ccc(C(=N)N)cc2)C(=O)O)ccc1OCCN1CCCC1.Cl. The lowest BCUT2D eigenvalue weighted by atomic mass is 10.0. The number of hydrogen-bond donors (Lipinski definition) is 4. The minimum absolute atomic E-state index is 0. The number of anilines is 1. The summed E-state index contributed by atoms with van der Waals surface area (Å²) in [5.41, 5.74) is 8.38. The third-order valence-electron chi connectivity index (χ3n) is 5.42. The Morgan fingerprint density at radius 3 is 2.48 bits per heavy atom. The lowest BCUT2D eigenvalue weighted by Crippen LogP contribution is -2.25. The van der Waals surface area contributed by atoms with Gasteiger partial charge in [-0.15, -0.1) is 12.4 Å². The molecule has 0 bridgehead atoms. The molecule has 7 nitrogen and oxygen atoms in total. The number of benzene rings is 2. The number of nitrogen functional groups attached to an aromatic ring is 1. The zero-order chi connectivity index (χ0) is 21.5. The highest BCUT2D eigenvalue weighted by Crippen LogP contribution is 2.27. The molecule has 1 unspecified atom stereocenters. The number of carboxylic acids is 1. The Morgan fingerprint density at radius 1 is 1.23 bits per heavy atom. The molecule has 0 radical (unpaired) electrons. The molecule has 31 heavy (non-hydrogen) atoms. The topological polar surface area (TPSA) is 112 Å². The molecule has 2 aromatic carbocycles. The maximum absolute atomic E-state index is 11.9. The first kappa shape index (κ1) is 24.5. The van der Waals surface area contributed by atoms with E-state index in [4.69, 9.17) is 15.9 Å². The van der Waals surface area contributed by atoms with Gasteiger partial charge in [-0.1, -0.05) is 13.0 Å². The fourth-order valence-corrected chi connectivity index (χ4v) is 3.69. The minimum Gasteiger partial charge on any atom is -0.492 e. The number of nitrogens with two attached hydrogens (primary N) is 1. The van der Waals surface area contributed by atoms with Gasteiger partial charge in [-0.3, -0.25) is 10.3 Å². The van der Waals surface area contributed by atoms with Crippen LogP contribution in [0.25, 0.3) is 0 Å². The van der Waals surface area contributed by atoms with Crippen LogP contribution in [0.5, 0.6) is 5.75 Å². The number of hydrogen-bond acceptors (Lipinski definition) is 5. The molecule has 1 atom stereocenters. The Hall–Kier alpha value is -2.77. The van der Waals surface area contributed by atoms with Crippen molar-refractivity contribution in [3.05, 3.63) is 59.2 Å². The summed E-state index contributed by atoms with van der Waals surface area (Å²) in [6.07, 6.45) is 3.28. The molecular formula is C23H31ClN4O3. The molecule has 0 aliphatic carbocycles. The quantitative estimate of drug-likeness (QED) is 0.327. The molecule has 2 aromatic rings. The highest BCUT2D eigenvalue weighted by atomic mass is 35.5. The zero-order valence-electron chi connectivity index (χ0n) is 17.8. The van der Waals surface area contributed by atoms with Crippen molar-refractivity contribution in [2.45, 2.75) is 32.2 Å². The van der Waals surface area contributed by atoms with E-state index in [1.54, 1.807) is 30.3 Å². The molecule has 5 N–H and O–H groups in total. The summed E-state index contributed by atoms with van der Waals surface area (Å²) in [5.74, 6) is -0.171. The summed E-state index contributed by atoms with van der Waals surface area (Å²) in [7, 11) is 0. The van der Waals surface area contributed by atoms with Gasteiger partial charge < -0.3 is 20.9 Å². The van der Waals surface area contributed by atoms with Gasteiger partial charge in [0.1, 0.15) is 18.2 Å². The predicted octanol–water partition coefficient (Wildman–Crippen LogP) is 3.67. The Balaban J connectivity index is 0.00000341. The van der Waals surface area contributed by atoms with Gasteiger partial charge in [-0.2, -0.15) is 0 Å². The molecular weight excluding hydrogens is 416 g/mol. The number of rotatable bonds is 10. The third kappa shape index (κ3) is 6.60. The maximum atomic E-state index is 11.9. The minimum atomic E-state index is -0.963. The molecule has 1 saturated heterocycles. The first-order chi connectivity index (χ1) is 14.5. The van der Waals surface area contributed by atoms with E-state index in [0.717, 1.165) is 37.4 Å². The smallest absolute Gasteiger partial charge is 0.330 e. The molecule has 0 amide bonds. The van der Waals surface area contributed by atoms with E-state index in [1.165, 1.54) is 12.8 Å². The fraction of sp³-hybridized carbons (Fsp3) is 0.391. The van der Waals surface area contributed by atoms with Crippen molar-refractivity contribution in [2.24, 2.45) is 5.73 Å². The Labute approximate surface area is 189 Å². The maximum Gasteiger partial charge on any atom is 0.330 e. The number of carbonyl (C=O) groups is 1. The van der Waals surface area contributed by atoms with Gasteiger partial charge in [0.2, 0.25) is 0 Å². The van der Waals surface area contributed by atoms with Gasteiger partial charge in [-0.05, 0) is 79.9 Å². The monoisotopic (exact) mass is 446 g/mol. The average molecular weight is 447 g/mol. The molecule has 1 aliphatic heterocycles. The van der Waals surface area contributed by atoms with E-state index < -0.39 is 12.0 Å². The lowest BCUT2D eigenvalue weighted by Gasteiger charge is -2.20. The first-order valence-electron chi connectivity index (χ1n) is 10.4. The molecule has 168 valence electrons. The van der Waals surface area contributed by atoms with Crippen molar-refractivity contribution in [1.29, 1.82) is 5.41 Å². The molecule has 3 rings (SSSR count). The summed E-state index contributed by atoms with van der Waals surface area (Å²) >= 11 is 0. The second-order valence-electron chi connectivity index (χ2n) is 7.52. The van der Waals surface area contributed by atoms with Crippen molar-refractivity contribution >= 4 is 29.9 Å². The molecule has 1 heterocycles. The number of halogens is 1. The molecule has 0 saturated carbocycles. The van der Waals surface area contributed by atoms with E-state index >= 15 is 0 Å². The number of ether oxygens (including phenoxy) is 1. The molecule has 0 aromatic heterocycles. The number of likely N-dealkylation sites (tertiary alicyclic amines) is 1. The van der Waals surface area contributed by atoms with Gasteiger partial charge in [0.25, 0.3) is 0 Å². The van der Waals surface area contributed by atoms with Crippen molar-refractivity contribution < 1.29 is 14.6 Å². The predicted molar refractivity (Wildman–Crippen MR) is 126 cm³/mol. The summed E-state index contributed by atoms with van der Waals surface area (Å²) in [6.45, 7) is 5.87. The number of carboxylic acid groups (broad SMARTS) is 1. The summed E-state index contributed by atoms with van der Waals surface area (Å²) in [5, 5.41) is 20.3. The van der Waals surface area contributed by atoms with Crippen molar-refractivity contribution in [2.75, 3.05) is 31.6 Å². The highest BCUT2D eigenvalue weighted by molar-refractivity contribution is 5.95. The number of aliphatic carboxylic acids is 1. The van der Waals surface area contributed by atoms with E-state index in [9.17, 15) is 9.90 Å². The van der Waals surface area contributed by atoms with Crippen LogP contribution in [0, 0.1) is 5.41 Å². The number of aryl methyl sites for hydroxylation is 1. The van der Waals surface area contributed by atoms with Crippen LogP contribution in [0.1, 0.15) is 42.5 Å². The van der Waals surface area contributed by atoms with Crippen LogP contribution in [0.4, 0.5) is 5.69 Å². The van der Waals surface area contributed by atoms with Crippen LogP contribution in [0.15, 0.2) is 42.5 Å². The normalized spacial score (nSPS) is 14.5. The van der Waals surface area contributed by atoms with Crippen LogP contribution in [0.3, 0.4) is 0 Å². The second kappa shape index (κ2) is 11.6. The number of nitrogens with zero attached hydrogens (tertiary/aromatic N) is 1. The fourth-order valence-electron chi connectivity index (χ4n) is 3.69. The van der Waals surface area contributed by atoms with Gasteiger partial charge >= 0.3 is 5.97 Å². The summed E-state index contributed by atoms with van der Waals surface area (Å²) in [4.78, 5) is 14.3. The Kier molecular flexibility index (Phi) is 9.15. The summed E-state index contributed by atoms with van der Waals surface area (Å²) < 4.78 is 6.00. The Morgan fingerprint density at radius 2 is 1.90 bits per heavy atom. The van der Waals surface area contributed by atoms with E-state index in [2.05, 4.69) is 10.2 Å². The lowest BCUT2D eigenvalue weighted by molar-refractivity contribution is -0.138. The van der Waals surface area contributed by atoms with E-state index in [0.29, 0.717) is 23.4 Å². The first-order valence-corrected chi connectivity index (χ1v) is 10.4. The second-order valence-corrected chi connectivity index (χ2v) is 7.52. The average Bonchev–Trinajstić information content (AvgIpc) is 3.26. The van der Waals surface area contributed by atoms with Gasteiger partial charge in [0, 0.05) is 17.8 Å². The van der Waals surface area contributed by atoms with Crippen molar-refractivity contribution in [3.8, 4) is 5.75 Å². The van der Waals surface area contributed by atoms with E-state index in [1.807, 2.05) is 19.1 Å². The van der Waals surface area contributed by atoms with Crippen LogP contribution in [0.2, 0.25) is 0 Å². The van der Waals surface area contributed by atoms with Crippen LogP contribution >= 0.6 is 12.4 Å². The van der Waals surface area contributed by atoms with Crippen molar-refractivity contribution in [1.82, 2.24) is 4.90 Å². The van der Waals surface area contributed by atoms with E-state index in [-0.39, 0.29) is 18.2 Å². The highest BCUT2D eigenvalue weighted by Gasteiger charge is 2.21. The number of nitrogens with one attached hydrogen (secondary N) is 2. The van der Waals surface area contributed by atoms with Gasteiger partial charge in [0.05, 0.1) is 0 Å². The van der Waals surface area contributed by atoms with Crippen LogP contribution in [-0.2, 0) is 11.2 Å². The van der Waals surface area contributed by atoms with Crippen molar-refractivity contribution in [3.63, 3.8) is 0 Å². The molecule has 8 heteroatoms. The molecule has 0 spiro atoms. The number of amidine groups is 1. The van der Waals surface area contributed by atoms with Gasteiger partial charge in [0.15, 0.2) is 6.04 Å². The third-order valence-corrected chi connectivity index (χ3v) is 5.42. The molecule has 1 aliphatic rings. The largest absolute Gasteiger partial charge is 0.492 e. The zero-order valence-corrected chi connectivity index (χ0v) is 18.6. The summed E-state index contributed by atoms with van der Waals surface area (Å²) in [6, 6.07) is 11.5.